The first-order chi connectivity index (χ1) is 7.58. The molecular formula is C11H17ClN4. The van der Waals surface area contributed by atoms with Gasteiger partial charge < -0.3 is 0 Å². The normalized spacial score (nSPS) is 11.9. The van der Waals surface area contributed by atoms with Crippen LogP contribution in [0.1, 0.15) is 33.6 Å². The first-order valence-corrected chi connectivity index (χ1v) is 5.74. The standard InChI is InChI=1S/C11H17ClN4/c1-8(2)4-5-9(3)13-15-11-7-6-10(12)14-16-11/h6-8H,4-5H2,1-3H3,(H,15,16). The highest BCUT2D eigenvalue weighted by atomic mass is 35.5. The van der Waals surface area contributed by atoms with E-state index in [1.54, 1.807) is 12.1 Å². The molecule has 4 nitrogen and oxygen atoms in total. The summed E-state index contributed by atoms with van der Waals surface area (Å²) in [5.41, 5.74) is 3.91. The zero-order valence-corrected chi connectivity index (χ0v) is 10.6. The van der Waals surface area contributed by atoms with Crippen LogP contribution in [0.3, 0.4) is 0 Å². The Hall–Kier alpha value is -1.16. The lowest BCUT2D eigenvalue weighted by atomic mass is 10.1. The number of anilines is 1. The van der Waals surface area contributed by atoms with Crippen molar-refractivity contribution in [3.63, 3.8) is 0 Å². The van der Waals surface area contributed by atoms with Crippen molar-refractivity contribution < 1.29 is 0 Å². The van der Waals surface area contributed by atoms with Crippen LogP contribution >= 0.6 is 11.6 Å². The van der Waals surface area contributed by atoms with Crippen LogP contribution < -0.4 is 5.43 Å². The zero-order valence-electron chi connectivity index (χ0n) is 9.87. The number of hydrogen-bond acceptors (Lipinski definition) is 4. The molecule has 0 fully saturated rings. The molecule has 0 aliphatic heterocycles. The summed E-state index contributed by atoms with van der Waals surface area (Å²) in [4.78, 5) is 0. The third kappa shape index (κ3) is 5.07. The van der Waals surface area contributed by atoms with E-state index in [2.05, 4.69) is 34.6 Å². The van der Waals surface area contributed by atoms with Gasteiger partial charge in [0.2, 0.25) is 0 Å². The van der Waals surface area contributed by atoms with Gasteiger partial charge >= 0.3 is 0 Å². The molecule has 16 heavy (non-hydrogen) atoms. The highest BCUT2D eigenvalue weighted by Crippen LogP contribution is 2.07. The lowest BCUT2D eigenvalue weighted by molar-refractivity contribution is 0.602. The van der Waals surface area contributed by atoms with Gasteiger partial charge in [-0.3, -0.25) is 5.43 Å². The fourth-order valence-electron chi connectivity index (χ4n) is 1.08. The van der Waals surface area contributed by atoms with Crippen LogP contribution in [-0.2, 0) is 0 Å². The van der Waals surface area contributed by atoms with E-state index in [9.17, 15) is 0 Å². The van der Waals surface area contributed by atoms with Crippen LogP contribution in [-0.4, -0.2) is 15.9 Å². The number of hydrazone groups is 1. The maximum absolute atomic E-state index is 5.62. The molecule has 0 saturated heterocycles. The Labute approximate surface area is 101 Å². The molecule has 1 N–H and O–H groups in total. The third-order valence-electron chi connectivity index (χ3n) is 2.08. The minimum Gasteiger partial charge on any atom is -0.260 e. The van der Waals surface area contributed by atoms with E-state index in [1.165, 1.54) is 0 Å². The van der Waals surface area contributed by atoms with E-state index in [0.29, 0.717) is 16.9 Å². The summed E-state index contributed by atoms with van der Waals surface area (Å²) in [6, 6.07) is 3.42. The van der Waals surface area contributed by atoms with Gasteiger partial charge in [0.1, 0.15) is 0 Å². The summed E-state index contributed by atoms with van der Waals surface area (Å²) in [6.07, 6.45) is 2.13. The minimum absolute atomic E-state index is 0.381. The molecule has 0 aromatic carbocycles. The molecule has 1 aromatic heterocycles. The average molecular weight is 241 g/mol. The molecule has 88 valence electrons. The molecule has 0 unspecified atom stereocenters. The summed E-state index contributed by atoms with van der Waals surface area (Å²) in [5.74, 6) is 1.30. The fraction of sp³-hybridized carbons (Fsp3) is 0.545. The Morgan fingerprint density at radius 3 is 2.75 bits per heavy atom. The Kier molecular flexibility index (Phi) is 5.19. The van der Waals surface area contributed by atoms with Crippen molar-refractivity contribution in [2.75, 3.05) is 5.43 Å². The summed E-state index contributed by atoms with van der Waals surface area (Å²) in [7, 11) is 0. The fourth-order valence-corrected chi connectivity index (χ4v) is 1.18. The topological polar surface area (TPSA) is 50.2 Å². The quantitative estimate of drug-likeness (QED) is 0.634. The van der Waals surface area contributed by atoms with E-state index in [0.717, 1.165) is 18.6 Å². The van der Waals surface area contributed by atoms with Crippen molar-refractivity contribution in [1.82, 2.24) is 10.2 Å². The lowest BCUT2D eigenvalue weighted by Gasteiger charge is -2.04. The van der Waals surface area contributed by atoms with E-state index in [1.807, 2.05) is 6.92 Å². The molecule has 0 atom stereocenters. The minimum atomic E-state index is 0.381. The Balaban J connectivity index is 2.43. The van der Waals surface area contributed by atoms with Crippen LogP contribution in [0.15, 0.2) is 17.2 Å². The first-order valence-electron chi connectivity index (χ1n) is 5.36. The summed E-state index contributed by atoms with van der Waals surface area (Å²) < 4.78 is 0. The smallest absolute Gasteiger partial charge is 0.168 e. The second kappa shape index (κ2) is 6.43. The van der Waals surface area contributed by atoms with E-state index >= 15 is 0 Å². The maximum atomic E-state index is 5.62. The van der Waals surface area contributed by atoms with Crippen molar-refractivity contribution in [3.05, 3.63) is 17.3 Å². The van der Waals surface area contributed by atoms with E-state index in [4.69, 9.17) is 11.6 Å². The molecule has 0 aliphatic rings. The Bertz CT molecular complexity index is 346. The number of aromatic nitrogens is 2. The van der Waals surface area contributed by atoms with E-state index in [-0.39, 0.29) is 0 Å². The molecule has 1 aromatic rings. The molecule has 0 radical (unpaired) electrons. The summed E-state index contributed by atoms with van der Waals surface area (Å²) in [6.45, 7) is 6.40. The molecule has 0 aliphatic carbocycles. The Morgan fingerprint density at radius 2 is 2.19 bits per heavy atom. The van der Waals surface area contributed by atoms with Crippen molar-refractivity contribution >= 4 is 23.1 Å². The molecule has 1 rings (SSSR count). The highest BCUT2D eigenvalue weighted by Gasteiger charge is 1.97. The van der Waals surface area contributed by atoms with Crippen molar-refractivity contribution in [3.8, 4) is 0 Å². The third-order valence-corrected chi connectivity index (χ3v) is 2.28. The van der Waals surface area contributed by atoms with Crippen molar-refractivity contribution in [2.45, 2.75) is 33.6 Å². The average Bonchev–Trinajstić information content (AvgIpc) is 2.25. The van der Waals surface area contributed by atoms with Gasteiger partial charge in [0.25, 0.3) is 0 Å². The second-order valence-electron chi connectivity index (χ2n) is 4.13. The number of halogens is 1. The van der Waals surface area contributed by atoms with Gasteiger partial charge in [0.05, 0.1) is 0 Å². The molecule has 0 amide bonds. The molecule has 5 heteroatoms. The van der Waals surface area contributed by atoms with Gasteiger partial charge in [-0.1, -0.05) is 25.4 Å². The number of nitrogens with zero attached hydrogens (tertiary/aromatic N) is 3. The van der Waals surface area contributed by atoms with Gasteiger partial charge in [-0.25, -0.2) is 0 Å². The lowest BCUT2D eigenvalue weighted by Crippen LogP contribution is -2.01. The van der Waals surface area contributed by atoms with Gasteiger partial charge in [0, 0.05) is 5.71 Å². The van der Waals surface area contributed by atoms with Gasteiger partial charge in [0.15, 0.2) is 11.0 Å². The number of nitrogens with one attached hydrogen (secondary N) is 1. The van der Waals surface area contributed by atoms with Gasteiger partial charge in [-0.15, -0.1) is 10.2 Å². The molecular weight excluding hydrogens is 224 g/mol. The predicted molar refractivity (Wildman–Crippen MR) is 67.8 cm³/mol. The van der Waals surface area contributed by atoms with Crippen LogP contribution in [0.2, 0.25) is 5.15 Å². The van der Waals surface area contributed by atoms with Crippen molar-refractivity contribution in [1.29, 1.82) is 0 Å². The highest BCUT2D eigenvalue weighted by molar-refractivity contribution is 6.29. The number of hydrogen-bond donors (Lipinski definition) is 1. The number of rotatable bonds is 5. The van der Waals surface area contributed by atoms with E-state index < -0.39 is 0 Å². The molecule has 1 heterocycles. The monoisotopic (exact) mass is 240 g/mol. The molecule has 0 saturated carbocycles. The Morgan fingerprint density at radius 1 is 1.44 bits per heavy atom. The SMILES string of the molecule is CC(CCC(C)C)=NNc1ccc(Cl)nn1. The van der Waals surface area contributed by atoms with Crippen LogP contribution in [0.25, 0.3) is 0 Å². The molecule has 0 spiro atoms. The summed E-state index contributed by atoms with van der Waals surface area (Å²) in [5, 5.41) is 12.2. The largest absolute Gasteiger partial charge is 0.260 e. The van der Waals surface area contributed by atoms with Gasteiger partial charge in [-0.05, 0) is 37.8 Å². The van der Waals surface area contributed by atoms with Crippen LogP contribution in [0.4, 0.5) is 5.82 Å². The maximum Gasteiger partial charge on any atom is 0.168 e. The summed E-state index contributed by atoms with van der Waals surface area (Å²) >= 11 is 5.62. The van der Waals surface area contributed by atoms with Crippen molar-refractivity contribution in [2.24, 2.45) is 11.0 Å². The van der Waals surface area contributed by atoms with Crippen LogP contribution in [0, 0.1) is 5.92 Å². The predicted octanol–water partition coefficient (Wildman–Crippen LogP) is 3.35. The molecule has 0 bridgehead atoms. The second-order valence-corrected chi connectivity index (χ2v) is 4.52. The zero-order chi connectivity index (χ0) is 12.0. The van der Waals surface area contributed by atoms with Crippen LogP contribution in [0.5, 0.6) is 0 Å². The first kappa shape index (κ1) is 12.9. The van der Waals surface area contributed by atoms with Gasteiger partial charge in [-0.2, -0.15) is 5.10 Å².